The molecule has 1 fully saturated rings. The summed E-state index contributed by atoms with van der Waals surface area (Å²) in [7, 11) is 0. The van der Waals surface area contributed by atoms with Gasteiger partial charge in [0, 0.05) is 12.3 Å². The van der Waals surface area contributed by atoms with E-state index in [2.05, 4.69) is 9.72 Å². The molecule has 0 aliphatic carbocycles. The van der Waals surface area contributed by atoms with Gasteiger partial charge in [0.2, 0.25) is 0 Å². The minimum atomic E-state index is -2.87. The molecule has 2 rings (SSSR count). The van der Waals surface area contributed by atoms with Crippen LogP contribution in [0, 0.1) is 6.92 Å². The van der Waals surface area contributed by atoms with Gasteiger partial charge in [-0.3, -0.25) is 4.98 Å². The van der Waals surface area contributed by atoms with Crippen LogP contribution in [-0.4, -0.2) is 24.5 Å². The van der Waals surface area contributed by atoms with Gasteiger partial charge < -0.3 is 14.2 Å². The normalized spacial score (nSPS) is 19.7. The zero-order valence-electron chi connectivity index (χ0n) is 10.8. The fraction of sp³-hybridized carbons (Fsp3) is 0.615. The maximum atomic E-state index is 12.3. The first-order chi connectivity index (χ1) is 9.15. The quantitative estimate of drug-likeness (QED) is 0.826. The van der Waals surface area contributed by atoms with Crippen molar-refractivity contribution >= 4 is 0 Å². The molecule has 1 aliphatic heterocycles. The van der Waals surface area contributed by atoms with Crippen LogP contribution < -0.4 is 4.74 Å². The molecular weight excluding hydrogens is 256 g/mol. The highest BCUT2D eigenvalue weighted by atomic mass is 19.3. The molecule has 6 heteroatoms. The Bertz CT molecular complexity index is 409. The van der Waals surface area contributed by atoms with E-state index in [1.165, 1.54) is 6.07 Å². The summed E-state index contributed by atoms with van der Waals surface area (Å²) in [6.45, 7) is -0.304. The van der Waals surface area contributed by atoms with Crippen molar-refractivity contribution in [2.75, 3.05) is 6.61 Å². The minimum absolute atomic E-state index is 0.0522. The topological polar surface area (TPSA) is 40.6 Å². The molecule has 4 nitrogen and oxygen atoms in total. The van der Waals surface area contributed by atoms with Gasteiger partial charge in [-0.05, 0) is 38.3 Å². The monoisotopic (exact) mass is 273 g/mol. The van der Waals surface area contributed by atoms with E-state index in [1.54, 1.807) is 13.0 Å². The zero-order valence-corrected chi connectivity index (χ0v) is 10.8. The molecule has 106 valence electrons. The van der Waals surface area contributed by atoms with E-state index in [0.29, 0.717) is 12.3 Å². The van der Waals surface area contributed by atoms with E-state index >= 15 is 0 Å². The summed E-state index contributed by atoms with van der Waals surface area (Å²) < 4.78 is 39.9. The Kier molecular flexibility index (Phi) is 5.04. The lowest BCUT2D eigenvalue weighted by Crippen LogP contribution is -2.22. The number of alkyl halides is 2. The molecule has 1 unspecified atom stereocenters. The second-order valence-corrected chi connectivity index (χ2v) is 4.38. The zero-order chi connectivity index (χ0) is 13.7. The van der Waals surface area contributed by atoms with Gasteiger partial charge in [0.25, 0.3) is 0 Å². The summed E-state index contributed by atoms with van der Waals surface area (Å²) in [5.41, 5.74) is 1.10. The Labute approximate surface area is 110 Å². The predicted molar refractivity (Wildman–Crippen MR) is 64.0 cm³/mol. The fourth-order valence-corrected chi connectivity index (χ4v) is 1.92. The third kappa shape index (κ3) is 4.40. The van der Waals surface area contributed by atoms with Crippen molar-refractivity contribution in [3.63, 3.8) is 0 Å². The van der Waals surface area contributed by atoms with Gasteiger partial charge in [-0.15, -0.1) is 0 Å². The van der Waals surface area contributed by atoms with Crippen LogP contribution in [0.5, 0.6) is 5.75 Å². The summed E-state index contributed by atoms with van der Waals surface area (Å²) in [6.07, 6.45) is 2.61. The largest absolute Gasteiger partial charge is 0.433 e. The first-order valence-corrected chi connectivity index (χ1v) is 6.29. The van der Waals surface area contributed by atoms with E-state index < -0.39 is 6.61 Å². The molecule has 0 N–H and O–H groups in total. The van der Waals surface area contributed by atoms with Crippen molar-refractivity contribution in [2.45, 2.75) is 45.7 Å². The molecule has 1 aliphatic rings. The lowest BCUT2D eigenvalue weighted by atomic mass is 10.2. The summed E-state index contributed by atoms with van der Waals surface area (Å²) in [5.74, 6) is 0.0522. The van der Waals surface area contributed by atoms with Crippen molar-refractivity contribution in [3.05, 3.63) is 23.5 Å². The van der Waals surface area contributed by atoms with Gasteiger partial charge in [0.15, 0.2) is 6.29 Å². The van der Waals surface area contributed by atoms with Gasteiger partial charge >= 0.3 is 6.61 Å². The molecule has 0 bridgehead atoms. The second kappa shape index (κ2) is 6.77. The summed E-state index contributed by atoms with van der Waals surface area (Å²) in [5, 5.41) is 0. The highest BCUT2D eigenvalue weighted by molar-refractivity contribution is 5.28. The van der Waals surface area contributed by atoms with Crippen LogP contribution in [0.3, 0.4) is 0 Å². The predicted octanol–water partition coefficient (Wildman–Crippen LogP) is 3.03. The van der Waals surface area contributed by atoms with Gasteiger partial charge in [-0.25, -0.2) is 0 Å². The number of halogens is 2. The Morgan fingerprint density at radius 1 is 1.42 bits per heavy atom. The Morgan fingerprint density at radius 3 is 2.95 bits per heavy atom. The number of aryl methyl sites for hydroxylation is 1. The van der Waals surface area contributed by atoms with Gasteiger partial charge in [0.05, 0.1) is 6.61 Å². The molecule has 0 amide bonds. The SMILES string of the molecule is Cc1ccc(OC(F)F)c(COC2CCCCO2)n1. The van der Waals surface area contributed by atoms with Gasteiger partial charge in [-0.2, -0.15) is 8.78 Å². The molecule has 0 saturated carbocycles. The average molecular weight is 273 g/mol. The van der Waals surface area contributed by atoms with Crippen molar-refractivity contribution < 1.29 is 23.0 Å². The first-order valence-electron chi connectivity index (χ1n) is 6.29. The molecule has 0 spiro atoms. The fourth-order valence-electron chi connectivity index (χ4n) is 1.92. The number of pyridine rings is 1. The van der Waals surface area contributed by atoms with Crippen molar-refractivity contribution in [3.8, 4) is 5.75 Å². The molecule has 1 aromatic heterocycles. The number of nitrogens with zero attached hydrogens (tertiary/aromatic N) is 1. The summed E-state index contributed by atoms with van der Waals surface area (Å²) >= 11 is 0. The van der Waals surface area contributed by atoms with Crippen molar-refractivity contribution in [1.29, 1.82) is 0 Å². The van der Waals surface area contributed by atoms with Crippen LogP contribution in [0.2, 0.25) is 0 Å². The Hall–Kier alpha value is -1.27. The summed E-state index contributed by atoms with van der Waals surface area (Å²) in [4.78, 5) is 4.17. The van der Waals surface area contributed by atoms with E-state index in [-0.39, 0.29) is 18.6 Å². The van der Waals surface area contributed by atoms with Crippen LogP contribution in [0.15, 0.2) is 12.1 Å². The van der Waals surface area contributed by atoms with E-state index in [4.69, 9.17) is 9.47 Å². The highest BCUT2D eigenvalue weighted by Crippen LogP contribution is 2.22. The minimum Gasteiger partial charge on any atom is -0.433 e. The third-order valence-corrected chi connectivity index (χ3v) is 2.83. The Morgan fingerprint density at radius 2 is 2.26 bits per heavy atom. The number of ether oxygens (including phenoxy) is 3. The maximum Gasteiger partial charge on any atom is 0.387 e. The van der Waals surface area contributed by atoms with Crippen LogP contribution in [0.1, 0.15) is 30.7 Å². The Balaban J connectivity index is 1.98. The number of hydrogen-bond donors (Lipinski definition) is 0. The lowest BCUT2D eigenvalue weighted by Gasteiger charge is -2.23. The number of aromatic nitrogens is 1. The van der Waals surface area contributed by atoms with Crippen LogP contribution in [0.25, 0.3) is 0 Å². The molecule has 1 atom stereocenters. The molecule has 0 radical (unpaired) electrons. The lowest BCUT2D eigenvalue weighted by molar-refractivity contribution is -0.170. The number of hydrogen-bond acceptors (Lipinski definition) is 4. The second-order valence-electron chi connectivity index (χ2n) is 4.38. The van der Waals surface area contributed by atoms with Crippen molar-refractivity contribution in [2.24, 2.45) is 0 Å². The third-order valence-electron chi connectivity index (χ3n) is 2.83. The van der Waals surface area contributed by atoms with E-state index in [9.17, 15) is 8.78 Å². The summed E-state index contributed by atoms with van der Waals surface area (Å²) in [6, 6.07) is 3.10. The van der Waals surface area contributed by atoms with E-state index in [0.717, 1.165) is 25.0 Å². The smallest absolute Gasteiger partial charge is 0.387 e. The van der Waals surface area contributed by atoms with E-state index in [1.807, 2.05) is 0 Å². The van der Waals surface area contributed by atoms with Crippen LogP contribution >= 0.6 is 0 Å². The van der Waals surface area contributed by atoms with Crippen LogP contribution in [-0.2, 0) is 16.1 Å². The molecule has 1 aromatic rings. The van der Waals surface area contributed by atoms with Crippen molar-refractivity contribution in [1.82, 2.24) is 4.98 Å². The standard InChI is InChI=1S/C13H17F2NO3/c1-9-5-6-11(19-13(14)15)10(16-9)8-18-12-4-2-3-7-17-12/h5-6,12-13H,2-4,7-8H2,1H3. The molecule has 1 saturated heterocycles. The molecule has 0 aromatic carbocycles. The molecular formula is C13H17F2NO3. The first kappa shape index (κ1) is 14.1. The van der Waals surface area contributed by atoms with Gasteiger partial charge in [0.1, 0.15) is 11.4 Å². The maximum absolute atomic E-state index is 12.3. The molecule has 19 heavy (non-hydrogen) atoms. The highest BCUT2D eigenvalue weighted by Gasteiger charge is 2.17. The number of rotatable bonds is 5. The van der Waals surface area contributed by atoms with Gasteiger partial charge in [-0.1, -0.05) is 0 Å². The average Bonchev–Trinajstić information content (AvgIpc) is 2.40. The molecule has 2 heterocycles. The van der Waals surface area contributed by atoms with Crippen LogP contribution in [0.4, 0.5) is 8.78 Å².